The maximum absolute atomic E-state index is 3.53. The number of nitrogens with one attached hydrogen (secondary N) is 2. The van der Waals surface area contributed by atoms with E-state index in [9.17, 15) is 0 Å². The van der Waals surface area contributed by atoms with Crippen LogP contribution < -0.4 is 10.7 Å². The van der Waals surface area contributed by atoms with Crippen LogP contribution in [0.15, 0.2) is 0 Å². The predicted octanol–water partition coefficient (Wildman–Crippen LogP) is -0.639. The minimum atomic E-state index is 0.517. The smallest absolute Gasteiger partial charge is 0.0908 e. The van der Waals surface area contributed by atoms with Crippen LogP contribution in [0.25, 0.3) is 0 Å². The van der Waals surface area contributed by atoms with Gasteiger partial charge in [0, 0.05) is 26.2 Å². The van der Waals surface area contributed by atoms with Crippen LogP contribution in [0.1, 0.15) is 13.3 Å². The maximum atomic E-state index is 3.53. The van der Waals surface area contributed by atoms with Crippen molar-refractivity contribution in [2.75, 3.05) is 20.1 Å². The van der Waals surface area contributed by atoms with E-state index in [0.717, 1.165) is 13.1 Å². The van der Waals surface area contributed by atoms with E-state index >= 15 is 0 Å². The van der Waals surface area contributed by atoms with Gasteiger partial charge in [-0.3, -0.25) is 5.32 Å². The monoisotopic (exact) mass is 156 g/mol. The van der Waals surface area contributed by atoms with E-state index < -0.39 is 0 Å². The molecule has 0 saturated carbocycles. The van der Waals surface area contributed by atoms with E-state index in [1.54, 1.807) is 0 Å². The van der Waals surface area contributed by atoms with Gasteiger partial charge in [0.2, 0.25) is 0 Å². The molecule has 2 heterocycles. The summed E-state index contributed by atoms with van der Waals surface area (Å²) in [5.41, 5.74) is 3.38. The Hall–Kier alpha value is -0.160. The van der Waals surface area contributed by atoms with Crippen LogP contribution in [-0.2, 0) is 0 Å². The topological polar surface area (TPSA) is 30.5 Å². The van der Waals surface area contributed by atoms with Crippen LogP contribution in [0.4, 0.5) is 0 Å². The third kappa shape index (κ3) is 1.27. The quantitative estimate of drug-likeness (QED) is 0.488. The van der Waals surface area contributed by atoms with Crippen LogP contribution in [0.2, 0.25) is 0 Å². The molecule has 2 aliphatic rings. The summed E-state index contributed by atoms with van der Waals surface area (Å²) in [6.45, 7) is 4.39. The largest absolute Gasteiger partial charge is 0.296 e. The lowest BCUT2D eigenvalue weighted by atomic mass is 10.2. The average Bonchev–Trinajstić information content (AvgIpc) is 2.32. The summed E-state index contributed by atoms with van der Waals surface area (Å²) in [5, 5.41) is 7.95. The molecule has 64 valence electrons. The highest BCUT2D eigenvalue weighted by Gasteiger charge is 2.32. The second-order valence-electron chi connectivity index (χ2n) is 3.46. The molecule has 0 amide bonds. The van der Waals surface area contributed by atoms with Gasteiger partial charge >= 0.3 is 0 Å². The summed E-state index contributed by atoms with van der Waals surface area (Å²) in [6, 6.07) is 0.600. The lowest BCUT2D eigenvalue weighted by molar-refractivity contribution is -0.0667. The zero-order valence-electron chi connectivity index (χ0n) is 7.17. The molecule has 2 saturated heterocycles. The van der Waals surface area contributed by atoms with Gasteiger partial charge in [-0.05, 0) is 13.3 Å². The number of rotatable bonds is 0. The lowest BCUT2D eigenvalue weighted by Crippen LogP contribution is -2.63. The van der Waals surface area contributed by atoms with Gasteiger partial charge in [0.25, 0.3) is 0 Å². The number of hydrogen-bond acceptors (Lipinski definition) is 4. The first-order chi connectivity index (χ1) is 5.27. The summed E-state index contributed by atoms with van der Waals surface area (Å²) in [6.07, 6.45) is 1.73. The van der Waals surface area contributed by atoms with Crippen LogP contribution in [0, 0.1) is 0 Å². The van der Waals surface area contributed by atoms with Gasteiger partial charge in [-0.25, -0.2) is 10.4 Å². The molecule has 0 aromatic carbocycles. The second kappa shape index (κ2) is 2.71. The first-order valence-electron chi connectivity index (χ1n) is 4.27. The van der Waals surface area contributed by atoms with E-state index in [4.69, 9.17) is 0 Å². The summed E-state index contributed by atoms with van der Waals surface area (Å²) in [5.74, 6) is 0. The lowest BCUT2D eigenvalue weighted by Gasteiger charge is -2.37. The molecule has 0 aromatic heterocycles. The Kier molecular flexibility index (Phi) is 1.85. The van der Waals surface area contributed by atoms with Crippen molar-refractivity contribution in [3.05, 3.63) is 0 Å². The summed E-state index contributed by atoms with van der Waals surface area (Å²) < 4.78 is 0. The fourth-order valence-corrected chi connectivity index (χ4v) is 1.78. The molecule has 2 unspecified atom stereocenters. The molecule has 0 spiro atoms. The predicted molar refractivity (Wildman–Crippen MR) is 43.5 cm³/mol. The molecule has 2 rings (SSSR count). The zero-order chi connectivity index (χ0) is 7.84. The van der Waals surface area contributed by atoms with Crippen molar-refractivity contribution in [2.24, 2.45) is 0 Å². The fourth-order valence-electron chi connectivity index (χ4n) is 1.78. The molecule has 0 bridgehead atoms. The fraction of sp³-hybridized carbons (Fsp3) is 1.00. The Bertz CT molecular complexity index is 149. The molecular weight excluding hydrogens is 140 g/mol. The molecular formula is C7H16N4. The average molecular weight is 156 g/mol. The van der Waals surface area contributed by atoms with Crippen molar-refractivity contribution in [3.8, 4) is 0 Å². The van der Waals surface area contributed by atoms with E-state index in [1.807, 2.05) is 0 Å². The Balaban J connectivity index is 2.00. The van der Waals surface area contributed by atoms with Crippen molar-refractivity contribution in [3.63, 3.8) is 0 Å². The highest BCUT2D eigenvalue weighted by molar-refractivity contribution is 4.81. The van der Waals surface area contributed by atoms with Gasteiger partial charge in [-0.2, -0.15) is 5.12 Å². The summed E-state index contributed by atoms with van der Waals surface area (Å²) in [4.78, 5) is 0. The molecule has 2 aliphatic heterocycles. The number of hydrogen-bond donors (Lipinski definition) is 2. The van der Waals surface area contributed by atoms with E-state index in [0.29, 0.717) is 12.2 Å². The molecule has 11 heavy (non-hydrogen) atoms. The van der Waals surface area contributed by atoms with Crippen molar-refractivity contribution in [1.82, 2.24) is 20.9 Å². The van der Waals surface area contributed by atoms with Crippen LogP contribution in [-0.4, -0.2) is 42.5 Å². The molecule has 4 nitrogen and oxygen atoms in total. The van der Waals surface area contributed by atoms with Gasteiger partial charge in [0.15, 0.2) is 0 Å². The molecule has 2 fully saturated rings. The highest BCUT2D eigenvalue weighted by Crippen LogP contribution is 2.14. The van der Waals surface area contributed by atoms with Crippen molar-refractivity contribution >= 4 is 0 Å². The third-order valence-electron chi connectivity index (χ3n) is 2.43. The van der Waals surface area contributed by atoms with Crippen LogP contribution in [0.5, 0.6) is 0 Å². The zero-order valence-corrected chi connectivity index (χ0v) is 7.17. The van der Waals surface area contributed by atoms with Crippen LogP contribution in [0.3, 0.4) is 0 Å². The minimum Gasteiger partial charge on any atom is -0.296 e. The normalized spacial score (nSPS) is 40.9. The molecule has 2 N–H and O–H groups in total. The van der Waals surface area contributed by atoms with Gasteiger partial charge in [0.1, 0.15) is 0 Å². The third-order valence-corrected chi connectivity index (χ3v) is 2.43. The maximum Gasteiger partial charge on any atom is 0.0908 e. The molecule has 0 aliphatic carbocycles. The summed E-state index contributed by atoms with van der Waals surface area (Å²) >= 11 is 0. The molecule has 0 radical (unpaired) electrons. The summed E-state index contributed by atoms with van der Waals surface area (Å²) in [7, 11) is 2.12. The SMILES string of the molecule is CC1CNN2C(CCN2C)N1. The first kappa shape index (κ1) is 7.49. The Morgan fingerprint density at radius 3 is 3.09 bits per heavy atom. The van der Waals surface area contributed by atoms with Crippen molar-refractivity contribution < 1.29 is 0 Å². The molecule has 4 heteroatoms. The van der Waals surface area contributed by atoms with Crippen LogP contribution >= 0.6 is 0 Å². The molecule has 0 aromatic rings. The Morgan fingerprint density at radius 2 is 2.27 bits per heavy atom. The number of nitrogens with zero attached hydrogens (tertiary/aromatic N) is 2. The first-order valence-corrected chi connectivity index (χ1v) is 4.27. The minimum absolute atomic E-state index is 0.517. The Labute approximate surface area is 67.5 Å². The van der Waals surface area contributed by atoms with E-state index in [-0.39, 0.29) is 0 Å². The highest BCUT2D eigenvalue weighted by atomic mass is 15.8. The molecule has 2 atom stereocenters. The second-order valence-corrected chi connectivity index (χ2v) is 3.46. The van der Waals surface area contributed by atoms with Crippen molar-refractivity contribution in [1.29, 1.82) is 0 Å². The number of fused-ring (bicyclic) bond motifs is 1. The van der Waals surface area contributed by atoms with Gasteiger partial charge < -0.3 is 0 Å². The standard InChI is InChI=1S/C7H16N4/c1-6-5-8-11-7(9-6)3-4-10(11)2/h6-9H,3-5H2,1-2H3. The Morgan fingerprint density at radius 1 is 1.45 bits per heavy atom. The van der Waals surface area contributed by atoms with Gasteiger partial charge in [0.05, 0.1) is 6.17 Å². The van der Waals surface area contributed by atoms with E-state index in [2.05, 4.69) is 34.8 Å². The van der Waals surface area contributed by atoms with Gasteiger partial charge in [-0.15, -0.1) is 0 Å². The van der Waals surface area contributed by atoms with E-state index in [1.165, 1.54) is 6.42 Å². The van der Waals surface area contributed by atoms with Crippen molar-refractivity contribution in [2.45, 2.75) is 25.6 Å². The number of hydrazine groups is 2. The van der Waals surface area contributed by atoms with Gasteiger partial charge in [-0.1, -0.05) is 0 Å².